The summed E-state index contributed by atoms with van der Waals surface area (Å²) in [4.78, 5) is 1.27. The van der Waals surface area contributed by atoms with Gasteiger partial charge in [0.15, 0.2) is 0 Å². The molecule has 1 fully saturated rings. The molecule has 0 radical (unpaired) electrons. The summed E-state index contributed by atoms with van der Waals surface area (Å²) < 4.78 is 0. The van der Waals surface area contributed by atoms with Gasteiger partial charge in [0.2, 0.25) is 0 Å². The Morgan fingerprint density at radius 3 is 3.00 bits per heavy atom. The molecule has 1 saturated carbocycles. The van der Waals surface area contributed by atoms with Crippen LogP contribution in [0, 0.1) is 17.2 Å². The monoisotopic (exact) mass is 234 g/mol. The van der Waals surface area contributed by atoms with E-state index in [1.54, 1.807) is 11.3 Å². The van der Waals surface area contributed by atoms with Gasteiger partial charge in [-0.25, -0.2) is 0 Å². The molecule has 1 aromatic heterocycles. The number of thiophene rings is 1. The van der Waals surface area contributed by atoms with Crippen LogP contribution < -0.4 is 5.32 Å². The summed E-state index contributed by atoms with van der Waals surface area (Å²) in [5.74, 6) is 0.796. The summed E-state index contributed by atoms with van der Waals surface area (Å²) in [6.45, 7) is 3.26. The summed E-state index contributed by atoms with van der Waals surface area (Å²) in [5, 5.41) is 14.3. The Hall–Kier alpha value is -0.850. The lowest BCUT2D eigenvalue weighted by molar-refractivity contribution is 0.280. The van der Waals surface area contributed by atoms with Gasteiger partial charge < -0.3 is 5.32 Å². The van der Waals surface area contributed by atoms with Crippen molar-refractivity contribution in [2.75, 3.05) is 0 Å². The van der Waals surface area contributed by atoms with E-state index in [1.165, 1.54) is 30.6 Å². The third-order valence-corrected chi connectivity index (χ3v) is 4.37. The number of hydrogen-bond acceptors (Lipinski definition) is 3. The van der Waals surface area contributed by atoms with Crippen LogP contribution in [0.3, 0.4) is 0 Å². The average Bonchev–Trinajstić information content (AvgIpc) is 2.76. The van der Waals surface area contributed by atoms with Crippen molar-refractivity contribution < 1.29 is 0 Å². The molecular weight excluding hydrogens is 216 g/mol. The van der Waals surface area contributed by atoms with E-state index in [4.69, 9.17) is 5.26 Å². The van der Waals surface area contributed by atoms with E-state index in [1.807, 2.05) is 11.4 Å². The Morgan fingerprint density at radius 2 is 2.31 bits per heavy atom. The highest BCUT2D eigenvalue weighted by Gasteiger charge is 2.20. The lowest BCUT2D eigenvalue weighted by Crippen LogP contribution is -2.36. The molecule has 2 rings (SSSR count). The lowest BCUT2D eigenvalue weighted by atomic mass is 9.86. The van der Waals surface area contributed by atoms with E-state index in [9.17, 15) is 0 Å². The Labute approximate surface area is 101 Å². The second-order valence-corrected chi connectivity index (χ2v) is 5.66. The minimum Gasteiger partial charge on any atom is -0.309 e. The zero-order valence-electron chi connectivity index (χ0n) is 9.70. The van der Waals surface area contributed by atoms with Crippen LogP contribution in [-0.4, -0.2) is 6.04 Å². The van der Waals surface area contributed by atoms with Crippen LogP contribution in [0.4, 0.5) is 0 Å². The first-order valence-corrected chi connectivity index (χ1v) is 6.88. The van der Waals surface area contributed by atoms with Gasteiger partial charge in [-0.15, -0.1) is 11.3 Å². The number of nitrogens with zero attached hydrogens (tertiary/aromatic N) is 1. The summed E-state index contributed by atoms with van der Waals surface area (Å²) >= 11 is 1.68. The maximum atomic E-state index is 8.75. The molecule has 0 bridgehead atoms. The summed E-state index contributed by atoms with van der Waals surface area (Å²) in [5.41, 5.74) is 0.790. The summed E-state index contributed by atoms with van der Waals surface area (Å²) in [6.07, 6.45) is 5.40. The molecule has 0 spiro atoms. The second-order valence-electron chi connectivity index (χ2n) is 4.66. The predicted octanol–water partition coefficient (Wildman–Crippen LogP) is 3.29. The Balaban J connectivity index is 1.84. The van der Waals surface area contributed by atoms with Crippen molar-refractivity contribution in [3.05, 3.63) is 21.9 Å². The molecule has 2 nitrogen and oxygen atoms in total. The van der Waals surface area contributed by atoms with E-state index in [-0.39, 0.29) is 0 Å². The Bertz CT molecular complexity index is 378. The maximum absolute atomic E-state index is 8.75. The first-order valence-electron chi connectivity index (χ1n) is 6.00. The van der Waals surface area contributed by atoms with E-state index >= 15 is 0 Å². The van der Waals surface area contributed by atoms with Crippen LogP contribution in [0.1, 0.15) is 43.0 Å². The molecule has 2 unspecified atom stereocenters. The normalized spacial score (nSPS) is 25.2. The minimum atomic E-state index is 0.668. The summed E-state index contributed by atoms with van der Waals surface area (Å²) in [6, 6.07) is 4.84. The highest BCUT2D eigenvalue weighted by atomic mass is 32.1. The van der Waals surface area contributed by atoms with Crippen molar-refractivity contribution in [2.24, 2.45) is 5.92 Å². The number of rotatable bonds is 3. The van der Waals surface area contributed by atoms with Crippen molar-refractivity contribution >= 4 is 11.3 Å². The van der Waals surface area contributed by atoms with Gasteiger partial charge in [0, 0.05) is 22.8 Å². The molecule has 0 amide bonds. The number of nitriles is 1. The van der Waals surface area contributed by atoms with Gasteiger partial charge in [-0.05, 0) is 24.8 Å². The first-order chi connectivity index (χ1) is 7.79. The molecule has 1 heterocycles. The van der Waals surface area contributed by atoms with Crippen LogP contribution in [0.15, 0.2) is 11.4 Å². The van der Waals surface area contributed by atoms with Crippen LogP contribution in [0.2, 0.25) is 0 Å². The fourth-order valence-electron chi connectivity index (χ4n) is 2.38. The molecule has 1 aromatic rings. The number of hydrogen-bond donors (Lipinski definition) is 1. The van der Waals surface area contributed by atoms with Gasteiger partial charge in [0.1, 0.15) is 6.07 Å². The SMILES string of the molecule is CC1CCCCC1NCc1cc(C#N)cs1. The van der Waals surface area contributed by atoms with E-state index < -0.39 is 0 Å². The fourth-order valence-corrected chi connectivity index (χ4v) is 3.14. The predicted molar refractivity (Wildman–Crippen MR) is 67.3 cm³/mol. The van der Waals surface area contributed by atoms with Crippen molar-refractivity contribution in [2.45, 2.75) is 45.2 Å². The Kier molecular flexibility index (Phi) is 3.98. The van der Waals surface area contributed by atoms with Gasteiger partial charge in [-0.3, -0.25) is 0 Å². The van der Waals surface area contributed by atoms with Gasteiger partial charge in [0.05, 0.1) is 5.56 Å². The summed E-state index contributed by atoms with van der Waals surface area (Å²) in [7, 11) is 0. The largest absolute Gasteiger partial charge is 0.309 e. The standard InChI is InChI=1S/C13H18N2S/c1-10-4-2-3-5-13(10)15-8-12-6-11(7-14)9-16-12/h6,9-10,13,15H,2-5,8H2,1H3. The van der Waals surface area contributed by atoms with Crippen LogP contribution in [0.5, 0.6) is 0 Å². The van der Waals surface area contributed by atoms with Crippen LogP contribution >= 0.6 is 11.3 Å². The van der Waals surface area contributed by atoms with Crippen LogP contribution in [-0.2, 0) is 6.54 Å². The van der Waals surface area contributed by atoms with E-state index in [0.29, 0.717) is 6.04 Å². The molecule has 86 valence electrons. The quantitative estimate of drug-likeness (QED) is 0.871. The Morgan fingerprint density at radius 1 is 1.50 bits per heavy atom. The molecule has 1 N–H and O–H groups in total. The highest BCUT2D eigenvalue weighted by Crippen LogP contribution is 2.24. The topological polar surface area (TPSA) is 35.8 Å². The average molecular weight is 234 g/mol. The molecule has 0 aromatic carbocycles. The molecule has 1 aliphatic rings. The smallest absolute Gasteiger partial charge is 0.100 e. The highest BCUT2D eigenvalue weighted by molar-refractivity contribution is 7.10. The van der Waals surface area contributed by atoms with Gasteiger partial charge >= 0.3 is 0 Å². The second kappa shape index (κ2) is 5.47. The molecule has 0 saturated heterocycles. The zero-order chi connectivity index (χ0) is 11.4. The van der Waals surface area contributed by atoms with Crippen molar-refractivity contribution in [3.8, 4) is 6.07 Å². The molecule has 1 aliphatic carbocycles. The first kappa shape index (κ1) is 11.6. The van der Waals surface area contributed by atoms with Crippen molar-refractivity contribution in [1.82, 2.24) is 5.32 Å². The van der Waals surface area contributed by atoms with Gasteiger partial charge in [0.25, 0.3) is 0 Å². The fraction of sp³-hybridized carbons (Fsp3) is 0.615. The molecule has 3 heteroatoms. The van der Waals surface area contributed by atoms with E-state index in [0.717, 1.165) is 18.0 Å². The van der Waals surface area contributed by atoms with Crippen LogP contribution in [0.25, 0.3) is 0 Å². The number of nitrogens with one attached hydrogen (secondary N) is 1. The maximum Gasteiger partial charge on any atom is 0.100 e. The zero-order valence-corrected chi connectivity index (χ0v) is 10.5. The third kappa shape index (κ3) is 2.84. The van der Waals surface area contributed by atoms with E-state index in [2.05, 4.69) is 18.3 Å². The van der Waals surface area contributed by atoms with Crippen molar-refractivity contribution in [3.63, 3.8) is 0 Å². The molecule has 0 aliphatic heterocycles. The van der Waals surface area contributed by atoms with Gasteiger partial charge in [-0.2, -0.15) is 5.26 Å². The van der Waals surface area contributed by atoms with Crippen molar-refractivity contribution in [1.29, 1.82) is 5.26 Å². The van der Waals surface area contributed by atoms with Gasteiger partial charge in [-0.1, -0.05) is 19.8 Å². The lowest BCUT2D eigenvalue weighted by Gasteiger charge is -2.29. The minimum absolute atomic E-state index is 0.668. The molecule has 16 heavy (non-hydrogen) atoms. The molecular formula is C13H18N2S. The third-order valence-electron chi connectivity index (χ3n) is 3.43. The molecule has 2 atom stereocenters.